The Morgan fingerprint density at radius 2 is 1.75 bits per heavy atom. The first-order chi connectivity index (χ1) is 5.30. The third-order valence-corrected chi connectivity index (χ3v) is 1.28. The Morgan fingerprint density at radius 3 is 2.00 bits per heavy atom. The van der Waals surface area contributed by atoms with Gasteiger partial charge < -0.3 is 0 Å². The summed E-state index contributed by atoms with van der Waals surface area (Å²) in [5, 5.41) is 0. The quantitative estimate of drug-likeness (QED) is 0.618. The summed E-state index contributed by atoms with van der Waals surface area (Å²) in [6.07, 6.45) is 1.83. The van der Waals surface area contributed by atoms with E-state index in [-0.39, 0.29) is 7.43 Å². The van der Waals surface area contributed by atoms with Crippen LogP contribution in [0.5, 0.6) is 0 Å². The van der Waals surface area contributed by atoms with Gasteiger partial charge in [-0.25, -0.2) is 0 Å². The molecule has 1 aromatic rings. The molecule has 70 valence electrons. The number of aromatic nitrogens is 1. The summed E-state index contributed by atoms with van der Waals surface area (Å²) in [6.45, 7) is 8.28. The molecular weight excluding hydrogens is 146 g/mol. The van der Waals surface area contributed by atoms with E-state index in [0.29, 0.717) is 5.92 Å². The zero-order chi connectivity index (χ0) is 8.69. The molecule has 0 aliphatic rings. The lowest BCUT2D eigenvalue weighted by Crippen LogP contribution is -1.88. The van der Waals surface area contributed by atoms with Crippen LogP contribution in [-0.2, 0) is 0 Å². The topological polar surface area (TPSA) is 12.9 Å². The minimum atomic E-state index is 0. The molecule has 0 spiro atoms. The average molecular weight is 167 g/mol. The Labute approximate surface area is 76.9 Å². The Balaban J connectivity index is 0. The lowest BCUT2D eigenvalue weighted by atomic mass is 10.1. The van der Waals surface area contributed by atoms with E-state index < -0.39 is 0 Å². The zero-order valence-electron chi connectivity index (χ0n) is 7.83. The van der Waals surface area contributed by atoms with E-state index in [4.69, 9.17) is 0 Å². The van der Waals surface area contributed by atoms with Gasteiger partial charge in [0.05, 0.1) is 0 Å². The van der Waals surface area contributed by atoms with Crippen LogP contribution in [0.2, 0.25) is 0 Å². The van der Waals surface area contributed by atoms with Gasteiger partial charge >= 0.3 is 0 Å². The van der Waals surface area contributed by atoms with Crippen LogP contribution < -0.4 is 0 Å². The summed E-state index contributed by atoms with van der Waals surface area (Å²) in [5.74, 6) is 0.547. The summed E-state index contributed by atoms with van der Waals surface area (Å²) >= 11 is 0. The molecule has 0 aliphatic carbocycles. The minimum absolute atomic E-state index is 0. The molecule has 0 aliphatic heterocycles. The highest BCUT2D eigenvalue weighted by atomic mass is 14.7. The fourth-order valence-corrected chi connectivity index (χ4v) is 0.717. The van der Waals surface area contributed by atoms with E-state index in [1.54, 1.807) is 0 Å². The third kappa shape index (κ3) is 4.89. The van der Waals surface area contributed by atoms with E-state index in [9.17, 15) is 0 Å². The smallest absolute Gasteiger partial charge is 0.0428 e. The SMILES string of the molecule is C.CC.CC(C)c1ccccn1. The molecule has 0 radical (unpaired) electrons. The molecule has 12 heavy (non-hydrogen) atoms. The predicted molar refractivity (Wildman–Crippen MR) is 56.4 cm³/mol. The zero-order valence-corrected chi connectivity index (χ0v) is 7.83. The molecule has 1 nitrogen and oxygen atoms in total. The van der Waals surface area contributed by atoms with Gasteiger partial charge in [-0.2, -0.15) is 0 Å². The molecule has 0 bridgehead atoms. The molecule has 1 heteroatoms. The van der Waals surface area contributed by atoms with Crippen LogP contribution in [0, 0.1) is 0 Å². The molecule has 1 rings (SSSR count). The molecule has 0 saturated heterocycles. The number of rotatable bonds is 1. The highest BCUT2D eigenvalue weighted by Gasteiger charge is 1.95. The molecule has 1 heterocycles. The first-order valence-electron chi connectivity index (χ1n) is 4.21. The maximum atomic E-state index is 4.18. The molecule has 0 N–H and O–H groups in total. The van der Waals surface area contributed by atoms with Gasteiger partial charge in [-0.3, -0.25) is 4.98 Å². The molecule has 0 fully saturated rings. The van der Waals surface area contributed by atoms with Gasteiger partial charge in [0.2, 0.25) is 0 Å². The van der Waals surface area contributed by atoms with Crippen molar-refractivity contribution in [1.82, 2.24) is 4.98 Å². The van der Waals surface area contributed by atoms with Gasteiger partial charge in [0.25, 0.3) is 0 Å². The van der Waals surface area contributed by atoms with Crippen molar-refractivity contribution < 1.29 is 0 Å². The van der Waals surface area contributed by atoms with E-state index >= 15 is 0 Å². The largest absolute Gasteiger partial charge is 0.261 e. The van der Waals surface area contributed by atoms with Gasteiger partial charge in [-0.15, -0.1) is 0 Å². The minimum Gasteiger partial charge on any atom is -0.261 e. The van der Waals surface area contributed by atoms with Gasteiger partial charge in [0, 0.05) is 11.9 Å². The number of nitrogens with zero attached hydrogens (tertiary/aromatic N) is 1. The normalized spacial score (nSPS) is 8.08. The van der Waals surface area contributed by atoms with Crippen LogP contribution >= 0.6 is 0 Å². The van der Waals surface area contributed by atoms with Crippen molar-refractivity contribution in [2.75, 3.05) is 0 Å². The van der Waals surface area contributed by atoms with Crippen LogP contribution in [0.1, 0.15) is 46.7 Å². The van der Waals surface area contributed by atoms with Crippen molar-refractivity contribution in [1.29, 1.82) is 0 Å². The Bertz CT molecular complexity index is 168. The second kappa shape index (κ2) is 8.25. The average Bonchev–Trinajstić information content (AvgIpc) is 2.10. The number of hydrogen-bond donors (Lipinski definition) is 0. The molecular formula is C11H21N. The van der Waals surface area contributed by atoms with Gasteiger partial charge in [0.1, 0.15) is 0 Å². The van der Waals surface area contributed by atoms with Gasteiger partial charge in [-0.05, 0) is 18.1 Å². The van der Waals surface area contributed by atoms with Crippen molar-refractivity contribution in [3.63, 3.8) is 0 Å². The highest BCUT2D eigenvalue weighted by molar-refractivity contribution is 5.06. The number of pyridine rings is 1. The van der Waals surface area contributed by atoms with E-state index in [1.165, 1.54) is 0 Å². The summed E-state index contributed by atoms with van der Waals surface area (Å²) in [5.41, 5.74) is 1.16. The van der Waals surface area contributed by atoms with Crippen LogP contribution in [0.25, 0.3) is 0 Å². The number of hydrogen-bond acceptors (Lipinski definition) is 1. The summed E-state index contributed by atoms with van der Waals surface area (Å²) in [6, 6.07) is 6.00. The van der Waals surface area contributed by atoms with Crippen LogP contribution in [-0.4, -0.2) is 4.98 Å². The Hall–Kier alpha value is -0.850. The fraction of sp³-hybridized carbons (Fsp3) is 0.545. The first-order valence-corrected chi connectivity index (χ1v) is 4.21. The Morgan fingerprint density at radius 1 is 1.17 bits per heavy atom. The van der Waals surface area contributed by atoms with Crippen LogP contribution in [0.3, 0.4) is 0 Å². The van der Waals surface area contributed by atoms with Crippen molar-refractivity contribution in [3.05, 3.63) is 30.1 Å². The predicted octanol–water partition coefficient (Wildman–Crippen LogP) is 3.87. The van der Waals surface area contributed by atoms with E-state index in [1.807, 2.05) is 38.2 Å². The molecule has 1 aromatic heterocycles. The lowest BCUT2D eigenvalue weighted by Gasteiger charge is -2.00. The van der Waals surface area contributed by atoms with Crippen molar-refractivity contribution >= 4 is 0 Å². The highest BCUT2D eigenvalue weighted by Crippen LogP contribution is 2.08. The van der Waals surface area contributed by atoms with Crippen LogP contribution in [0.15, 0.2) is 24.4 Å². The van der Waals surface area contributed by atoms with Crippen molar-refractivity contribution in [3.8, 4) is 0 Å². The molecule has 0 aromatic carbocycles. The summed E-state index contributed by atoms with van der Waals surface area (Å²) < 4.78 is 0. The monoisotopic (exact) mass is 167 g/mol. The van der Waals surface area contributed by atoms with Gasteiger partial charge in [-0.1, -0.05) is 41.2 Å². The second-order valence-corrected chi connectivity index (χ2v) is 2.41. The second-order valence-electron chi connectivity index (χ2n) is 2.41. The Kier molecular flexibility index (Phi) is 9.43. The third-order valence-electron chi connectivity index (χ3n) is 1.28. The van der Waals surface area contributed by atoms with E-state index in [2.05, 4.69) is 18.8 Å². The fourth-order valence-electron chi connectivity index (χ4n) is 0.717. The van der Waals surface area contributed by atoms with Gasteiger partial charge in [0.15, 0.2) is 0 Å². The maximum Gasteiger partial charge on any atom is 0.0428 e. The van der Waals surface area contributed by atoms with Crippen LogP contribution in [0.4, 0.5) is 0 Å². The molecule has 0 saturated carbocycles. The first kappa shape index (κ1) is 13.7. The van der Waals surface area contributed by atoms with Crippen molar-refractivity contribution in [2.45, 2.75) is 41.0 Å². The molecule has 0 amide bonds. The lowest BCUT2D eigenvalue weighted by molar-refractivity contribution is 0.823. The summed E-state index contributed by atoms with van der Waals surface area (Å²) in [4.78, 5) is 4.18. The molecule has 0 atom stereocenters. The summed E-state index contributed by atoms with van der Waals surface area (Å²) in [7, 11) is 0. The molecule has 0 unspecified atom stereocenters. The standard InChI is InChI=1S/C8H11N.C2H6.CH4/c1-7(2)8-5-3-4-6-9-8;1-2;/h3-7H,1-2H3;1-2H3;1H4. The van der Waals surface area contributed by atoms with E-state index in [0.717, 1.165) is 5.69 Å². The van der Waals surface area contributed by atoms with Crippen molar-refractivity contribution in [2.24, 2.45) is 0 Å². The maximum absolute atomic E-state index is 4.18.